The van der Waals surface area contributed by atoms with Crippen LogP contribution in [0.25, 0.3) is 0 Å². The third-order valence-corrected chi connectivity index (χ3v) is 4.45. The Morgan fingerprint density at radius 1 is 1.23 bits per heavy atom. The topological polar surface area (TPSA) is 6.48 Å². The van der Waals surface area contributed by atoms with E-state index < -0.39 is 0 Å². The summed E-state index contributed by atoms with van der Waals surface area (Å²) in [6, 6.07) is 1.92. The summed E-state index contributed by atoms with van der Waals surface area (Å²) in [5, 5.41) is 0. The van der Waals surface area contributed by atoms with Crippen LogP contribution in [0.1, 0.15) is 26.2 Å². The SMILES string of the molecule is CCN1CCN2C(C1)[C@@H]1CC[C@H]2C1. The van der Waals surface area contributed by atoms with Gasteiger partial charge in [0.1, 0.15) is 0 Å². The van der Waals surface area contributed by atoms with Crippen LogP contribution < -0.4 is 0 Å². The molecule has 0 aromatic rings. The minimum absolute atomic E-state index is 0.937. The summed E-state index contributed by atoms with van der Waals surface area (Å²) in [7, 11) is 0. The van der Waals surface area contributed by atoms with Crippen molar-refractivity contribution < 1.29 is 0 Å². The first-order chi connectivity index (χ1) is 6.38. The normalized spacial score (nSPS) is 45.5. The van der Waals surface area contributed by atoms with Gasteiger partial charge < -0.3 is 4.90 Å². The zero-order valence-electron chi connectivity index (χ0n) is 8.58. The van der Waals surface area contributed by atoms with Gasteiger partial charge in [0.05, 0.1) is 0 Å². The maximum atomic E-state index is 2.81. The van der Waals surface area contributed by atoms with E-state index in [0.29, 0.717) is 0 Å². The Hall–Kier alpha value is -0.0800. The van der Waals surface area contributed by atoms with Gasteiger partial charge >= 0.3 is 0 Å². The van der Waals surface area contributed by atoms with Crippen molar-refractivity contribution in [2.45, 2.75) is 38.3 Å². The number of hydrogen-bond donors (Lipinski definition) is 0. The fraction of sp³-hybridized carbons (Fsp3) is 1.00. The molecule has 0 aromatic carbocycles. The predicted octanol–water partition coefficient (Wildman–Crippen LogP) is 1.17. The molecule has 3 aliphatic rings. The lowest BCUT2D eigenvalue weighted by molar-refractivity contribution is 0.0468. The van der Waals surface area contributed by atoms with Gasteiger partial charge in [0.25, 0.3) is 0 Å². The molecule has 0 aromatic heterocycles. The van der Waals surface area contributed by atoms with Gasteiger partial charge in [-0.25, -0.2) is 0 Å². The summed E-state index contributed by atoms with van der Waals surface area (Å²) in [5.41, 5.74) is 0. The van der Waals surface area contributed by atoms with Gasteiger partial charge in [-0.15, -0.1) is 0 Å². The molecular formula is C11H20N2. The summed E-state index contributed by atoms with van der Waals surface area (Å²) < 4.78 is 0. The second kappa shape index (κ2) is 2.96. The molecule has 13 heavy (non-hydrogen) atoms. The minimum atomic E-state index is 0.937. The van der Waals surface area contributed by atoms with E-state index in [1.807, 2.05) is 0 Å². The smallest absolute Gasteiger partial charge is 0.0255 e. The molecule has 1 saturated carbocycles. The third kappa shape index (κ3) is 1.15. The third-order valence-electron chi connectivity index (χ3n) is 4.45. The Morgan fingerprint density at radius 2 is 2.15 bits per heavy atom. The van der Waals surface area contributed by atoms with Crippen LogP contribution in [0.3, 0.4) is 0 Å². The number of nitrogens with zero attached hydrogens (tertiary/aromatic N) is 2. The Kier molecular flexibility index (Phi) is 1.88. The van der Waals surface area contributed by atoms with Gasteiger partial charge in [-0.05, 0) is 31.7 Å². The standard InChI is InChI=1S/C11H20N2/c1-2-12-5-6-13-10-4-3-9(7-10)11(13)8-12/h9-11H,2-8H2,1H3/t9-,10+,11?/m1/s1. The molecule has 0 N–H and O–H groups in total. The van der Waals surface area contributed by atoms with Crippen molar-refractivity contribution in [2.75, 3.05) is 26.2 Å². The van der Waals surface area contributed by atoms with Crippen LogP contribution in [0.15, 0.2) is 0 Å². The molecule has 2 heterocycles. The summed E-state index contributed by atoms with van der Waals surface area (Å²) >= 11 is 0. The Balaban J connectivity index is 1.74. The van der Waals surface area contributed by atoms with Crippen LogP contribution in [0.2, 0.25) is 0 Å². The number of likely N-dealkylation sites (N-methyl/N-ethyl adjacent to an activating group) is 1. The Morgan fingerprint density at radius 3 is 3.00 bits per heavy atom. The molecule has 0 amide bonds. The number of fused-ring (bicyclic) bond motifs is 5. The van der Waals surface area contributed by atoms with Crippen molar-refractivity contribution in [1.82, 2.24) is 9.80 Å². The fourth-order valence-electron chi connectivity index (χ4n) is 3.69. The van der Waals surface area contributed by atoms with Gasteiger partial charge in [0, 0.05) is 31.7 Å². The van der Waals surface area contributed by atoms with E-state index in [-0.39, 0.29) is 0 Å². The summed E-state index contributed by atoms with van der Waals surface area (Å²) in [5.74, 6) is 1.05. The van der Waals surface area contributed by atoms with E-state index in [2.05, 4.69) is 16.7 Å². The molecule has 2 bridgehead atoms. The van der Waals surface area contributed by atoms with Gasteiger partial charge in [0.15, 0.2) is 0 Å². The highest BCUT2D eigenvalue weighted by molar-refractivity contribution is 5.02. The van der Waals surface area contributed by atoms with Crippen molar-refractivity contribution >= 4 is 0 Å². The Labute approximate surface area is 80.9 Å². The number of hydrogen-bond acceptors (Lipinski definition) is 2. The van der Waals surface area contributed by atoms with Gasteiger partial charge in [-0.3, -0.25) is 4.90 Å². The molecule has 2 saturated heterocycles. The van der Waals surface area contributed by atoms with Crippen molar-refractivity contribution in [3.05, 3.63) is 0 Å². The predicted molar refractivity (Wildman–Crippen MR) is 53.7 cm³/mol. The molecule has 1 unspecified atom stereocenters. The molecule has 3 fully saturated rings. The lowest BCUT2D eigenvalue weighted by Gasteiger charge is -2.43. The average Bonchev–Trinajstić information content (AvgIpc) is 2.77. The summed E-state index contributed by atoms with van der Waals surface area (Å²) in [6.07, 6.45) is 4.53. The molecule has 74 valence electrons. The number of piperidine rings is 1. The second-order valence-electron chi connectivity index (χ2n) is 4.93. The van der Waals surface area contributed by atoms with Crippen LogP contribution in [-0.4, -0.2) is 48.1 Å². The van der Waals surface area contributed by atoms with Gasteiger partial charge in [-0.1, -0.05) is 6.92 Å². The van der Waals surface area contributed by atoms with E-state index >= 15 is 0 Å². The van der Waals surface area contributed by atoms with E-state index in [9.17, 15) is 0 Å². The highest BCUT2D eigenvalue weighted by atomic mass is 15.3. The highest BCUT2D eigenvalue weighted by Crippen LogP contribution is 2.43. The molecule has 2 heteroatoms. The maximum Gasteiger partial charge on any atom is 0.0255 e. The molecule has 3 atom stereocenters. The van der Waals surface area contributed by atoms with Crippen LogP contribution in [0.4, 0.5) is 0 Å². The van der Waals surface area contributed by atoms with Crippen LogP contribution in [0.5, 0.6) is 0 Å². The molecule has 3 rings (SSSR count). The van der Waals surface area contributed by atoms with E-state index in [4.69, 9.17) is 0 Å². The molecule has 0 radical (unpaired) electrons. The van der Waals surface area contributed by atoms with E-state index in [1.165, 1.54) is 45.4 Å². The van der Waals surface area contributed by atoms with Crippen molar-refractivity contribution in [2.24, 2.45) is 5.92 Å². The second-order valence-corrected chi connectivity index (χ2v) is 4.93. The largest absolute Gasteiger partial charge is 0.301 e. The molecule has 2 aliphatic heterocycles. The first-order valence-electron chi connectivity index (χ1n) is 5.86. The fourth-order valence-corrected chi connectivity index (χ4v) is 3.69. The first kappa shape index (κ1) is 8.25. The van der Waals surface area contributed by atoms with Crippen LogP contribution >= 0.6 is 0 Å². The van der Waals surface area contributed by atoms with Crippen molar-refractivity contribution in [3.63, 3.8) is 0 Å². The highest BCUT2D eigenvalue weighted by Gasteiger charge is 2.47. The van der Waals surface area contributed by atoms with Gasteiger partial charge in [-0.2, -0.15) is 0 Å². The number of rotatable bonds is 1. The van der Waals surface area contributed by atoms with Crippen LogP contribution in [-0.2, 0) is 0 Å². The van der Waals surface area contributed by atoms with Crippen molar-refractivity contribution in [3.8, 4) is 0 Å². The van der Waals surface area contributed by atoms with Gasteiger partial charge in [0.2, 0.25) is 0 Å². The summed E-state index contributed by atoms with van der Waals surface area (Å²) in [4.78, 5) is 5.43. The first-order valence-corrected chi connectivity index (χ1v) is 5.86. The zero-order valence-corrected chi connectivity index (χ0v) is 8.58. The van der Waals surface area contributed by atoms with E-state index in [0.717, 1.165) is 18.0 Å². The molecular weight excluding hydrogens is 160 g/mol. The minimum Gasteiger partial charge on any atom is -0.301 e. The molecule has 1 aliphatic carbocycles. The quantitative estimate of drug-likeness (QED) is 0.598. The van der Waals surface area contributed by atoms with Crippen molar-refractivity contribution in [1.29, 1.82) is 0 Å². The zero-order chi connectivity index (χ0) is 8.84. The van der Waals surface area contributed by atoms with Crippen LogP contribution in [0, 0.1) is 5.92 Å². The lowest BCUT2D eigenvalue weighted by atomic mass is 9.96. The molecule has 0 spiro atoms. The summed E-state index contributed by atoms with van der Waals surface area (Å²) in [6.45, 7) is 7.57. The molecule has 2 nitrogen and oxygen atoms in total. The number of piperazine rings is 1. The Bertz CT molecular complexity index is 204. The maximum absolute atomic E-state index is 2.81. The lowest BCUT2D eigenvalue weighted by Crippen LogP contribution is -2.55. The average molecular weight is 180 g/mol. The monoisotopic (exact) mass is 180 g/mol. The van der Waals surface area contributed by atoms with E-state index in [1.54, 1.807) is 0 Å².